The van der Waals surface area contributed by atoms with Gasteiger partial charge in [0.2, 0.25) is 11.8 Å². The Bertz CT molecular complexity index is 1050. The molecule has 13 N–H and O–H groups in total. The van der Waals surface area contributed by atoms with Crippen LogP contribution < -0.4 is 10.6 Å². The number of nitrogens with one attached hydrogen (secondary N) is 2. The van der Waals surface area contributed by atoms with Gasteiger partial charge in [-0.25, -0.2) is 4.79 Å². The van der Waals surface area contributed by atoms with Crippen molar-refractivity contribution < 1.29 is 94.2 Å². The van der Waals surface area contributed by atoms with Crippen LogP contribution in [0, 0.1) is 0 Å². The Morgan fingerprint density at radius 3 is 2.02 bits per heavy atom. The van der Waals surface area contributed by atoms with Crippen molar-refractivity contribution in [3.8, 4) is 0 Å². The summed E-state index contributed by atoms with van der Waals surface area (Å²) in [6.45, 7) is -0.712. The van der Waals surface area contributed by atoms with Gasteiger partial charge in [-0.15, -0.1) is 0 Å². The first kappa shape index (κ1) is 38.3. The Morgan fingerprint density at radius 2 is 1.48 bits per heavy atom. The van der Waals surface area contributed by atoms with Crippen LogP contribution in [-0.2, 0) is 38.1 Å². The summed E-state index contributed by atoms with van der Waals surface area (Å²) in [6, 6.07) is -3.08. The molecule has 3 heterocycles. The minimum atomic E-state index is -2.85. The second kappa shape index (κ2) is 15.8. The number of ether oxygens (including phenoxy) is 5. The Balaban J connectivity index is 1.88. The standard InChI is InChI=1S/C25H42N2O19/c1-7(30)26-13-9(32)3-25(24(40)41,46-20(13)15(34)10(33)4-28)42-6-12-16(35)18(37)14(27-8(2)31)23(44-12)45-21-17(36)11(5-29)43-22(39)19(21)38/h9-23,28-29,32-39H,3-6H2,1-2H3,(H,26,30)(H,27,31)(H,40,41)/t9-,10+,11+,12+,13+,14+,15+,16+,17-,18+,19+,20+,21-,22+,23-,25+/m0/s1. The Kier molecular flexibility index (Phi) is 13.1. The Hall–Kier alpha value is -2.19. The topological polar surface area (TPSA) is 344 Å². The molecule has 0 spiro atoms. The van der Waals surface area contributed by atoms with E-state index in [0.29, 0.717) is 0 Å². The van der Waals surface area contributed by atoms with Gasteiger partial charge in [-0.05, 0) is 0 Å². The lowest BCUT2D eigenvalue weighted by Gasteiger charge is -2.48. The maximum absolute atomic E-state index is 12.5. The van der Waals surface area contributed by atoms with Crippen LogP contribution in [0.4, 0.5) is 0 Å². The fourth-order valence-electron chi connectivity index (χ4n) is 5.45. The molecule has 0 unspecified atom stereocenters. The molecule has 3 rings (SSSR count). The number of carboxylic acids is 1. The van der Waals surface area contributed by atoms with Gasteiger partial charge in [0.05, 0.1) is 32.0 Å². The van der Waals surface area contributed by atoms with Crippen LogP contribution in [0.3, 0.4) is 0 Å². The molecule has 0 saturated carbocycles. The number of aliphatic hydroxyl groups is 10. The number of aliphatic carboxylic acids is 1. The van der Waals surface area contributed by atoms with Gasteiger partial charge in [0.15, 0.2) is 12.6 Å². The van der Waals surface area contributed by atoms with Crippen molar-refractivity contribution in [1.82, 2.24) is 10.6 Å². The normalized spacial score (nSPS) is 42.9. The van der Waals surface area contributed by atoms with Crippen LogP contribution in [0.2, 0.25) is 0 Å². The second-order valence-corrected chi connectivity index (χ2v) is 11.3. The summed E-state index contributed by atoms with van der Waals surface area (Å²) in [5.74, 6) is -6.20. The van der Waals surface area contributed by atoms with Gasteiger partial charge in [0.25, 0.3) is 5.79 Å². The molecule has 0 aliphatic carbocycles. The van der Waals surface area contributed by atoms with E-state index in [0.717, 1.165) is 13.8 Å². The van der Waals surface area contributed by atoms with Crippen molar-refractivity contribution in [1.29, 1.82) is 0 Å². The number of hydrogen-bond acceptors (Lipinski definition) is 18. The van der Waals surface area contributed by atoms with Crippen molar-refractivity contribution in [2.24, 2.45) is 0 Å². The van der Waals surface area contributed by atoms with Gasteiger partial charge in [-0.3, -0.25) is 9.59 Å². The van der Waals surface area contributed by atoms with Crippen LogP contribution in [0.1, 0.15) is 20.3 Å². The highest BCUT2D eigenvalue weighted by atomic mass is 16.7. The fraction of sp³-hybridized carbons (Fsp3) is 0.880. The Labute approximate surface area is 260 Å². The van der Waals surface area contributed by atoms with Crippen LogP contribution in [0.5, 0.6) is 0 Å². The average Bonchev–Trinajstić information content (AvgIpc) is 2.99. The largest absolute Gasteiger partial charge is 0.477 e. The summed E-state index contributed by atoms with van der Waals surface area (Å²) in [6.07, 6.45) is -24.9. The molecule has 0 aromatic carbocycles. The number of carboxylic acid groups (broad SMARTS) is 1. The van der Waals surface area contributed by atoms with E-state index < -0.39 is 142 Å². The Morgan fingerprint density at radius 1 is 0.870 bits per heavy atom. The van der Waals surface area contributed by atoms with E-state index in [9.17, 15) is 70.6 Å². The summed E-state index contributed by atoms with van der Waals surface area (Å²) in [5, 5.41) is 117. The molecule has 16 atom stereocenters. The minimum absolute atomic E-state index is 0.725. The second-order valence-electron chi connectivity index (χ2n) is 11.3. The van der Waals surface area contributed by atoms with Crippen LogP contribution in [-0.4, -0.2) is 191 Å². The zero-order chi connectivity index (χ0) is 34.7. The molecule has 3 saturated heterocycles. The molecular weight excluding hydrogens is 632 g/mol. The van der Waals surface area contributed by atoms with E-state index in [1.54, 1.807) is 0 Å². The van der Waals surface area contributed by atoms with E-state index >= 15 is 0 Å². The van der Waals surface area contributed by atoms with Gasteiger partial charge < -0.3 is 90.5 Å². The van der Waals surface area contributed by atoms with Crippen LogP contribution in [0.25, 0.3) is 0 Å². The van der Waals surface area contributed by atoms with Gasteiger partial charge in [0.1, 0.15) is 67.1 Å². The molecular formula is C25H42N2O19. The van der Waals surface area contributed by atoms with E-state index in [2.05, 4.69) is 10.6 Å². The SMILES string of the molecule is CC(=O)N[C@H]1[C@H](O[C@@H]2[C@@H](O)[C@H](O)O[C@H](CO)[C@@H]2O)O[C@H](CO[C@]2(C(=O)O)C[C@H](O)[C@@H](NC(C)=O)[C@H]([C@H](O)[C@H](O)CO)O2)[C@@H](O)[C@@H]1O. The summed E-state index contributed by atoms with van der Waals surface area (Å²) >= 11 is 0. The number of rotatable bonds is 12. The maximum atomic E-state index is 12.5. The van der Waals surface area contributed by atoms with E-state index in [1.807, 2.05) is 0 Å². The summed E-state index contributed by atoms with van der Waals surface area (Å²) in [4.78, 5) is 36.1. The number of carbonyl (C=O) groups is 3. The smallest absolute Gasteiger partial charge is 0.364 e. The molecule has 21 nitrogen and oxygen atoms in total. The maximum Gasteiger partial charge on any atom is 0.364 e. The molecule has 266 valence electrons. The molecule has 3 aliphatic heterocycles. The molecule has 21 heteroatoms. The molecule has 0 aromatic rings. The van der Waals surface area contributed by atoms with Crippen molar-refractivity contribution in [3.05, 3.63) is 0 Å². The first-order chi connectivity index (χ1) is 21.5. The van der Waals surface area contributed by atoms with E-state index in [4.69, 9.17) is 23.7 Å². The van der Waals surface area contributed by atoms with Crippen molar-refractivity contribution in [2.45, 2.75) is 118 Å². The predicted molar refractivity (Wildman–Crippen MR) is 142 cm³/mol. The highest BCUT2D eigenvalue weighted by Gasteiger charge is 2.57. The van der Waals surface area contributed by atoms with Gasteiger partial charge >= 0.3 is 5.97 Å². The zero-order valence-electron chi connectivity index (χ0n) is 24.7. The lowest BCUT2D eigenvalue weighted by Crippen LogP contribution is -2.69. The quantitative estimate of drug-likeness (QED) is 0.0913. The fourth-order valence-corrected chi connectivity index (χ4v) is 5.45. The minimum Gasteiger partial charge on any atom is -0.477 e. The molecule has 0 radical (unpaired) electrons. The first-order valence-corrected chi connectivity index (χ1v) is 14.2. The highest BCUT2D eigenvalue weighted by Crippen LogP contribution is 2.35. The molecule has 3 aliphatic rings. The monoisotopic (exact) mass is 674 g/mol. The van der Waals surface area contributed by atoms with Crippen molar-refractivity contribution >= 4 is 17.8 Å². The third-order valence-electron chi connectivity index (χ3n) is 7.87. The van der Waals surface area contributed by atoms with Crippen LogP contribution in [0.15, 0.2) is 0 Å². The summed E-state index contributed by atoms with van der Waals surface area (Å²) in [5.41, 5.74) is 0. The number of aliphatic hydroxyl groups excluding tert-OH is 10. The first-order valence-electron chi connectivity index (χ1n) is 14.2. The number of hydrogen-bond donors (Lipinski definition) is 13. The third-order valence-corrected chi connectivity index (χ3v) is 7.87. The summed E-state index contributed by atoms with van der Waals surface area (Å²) < 4.78 is 27.2. The molecule has 0 bridgehead atoms. The van der Waals surface area contributed by atoms with E-state index in [-0.39, 0.29) is 0 Å². The molecule has 0 aromatic heterocycles. The van der Waals surface area contributed by atoms with Crippen LogP contribution >= 0.6 is 0 Å². The molecule has 46 heavy (non-hydrogen) atoms. The predicted octanol–water partition coefficient (Wildman–Crippen LogP) is -8.08. The number of carbonyl (C=O) groups excluding carboxylic acids is 2. The average molecular weight is 675 g/mol. The zero-order valence-corrected chi connectivity index (χ0v) is 24.7. The van der Waals surface area contributed by atoms with Gasteiger partial charge in [-0.1, -0.05) is 0 Å². The summed E-state index contributed by atoms with van der Waals surface area (Å²) in [7, 11) is 0. The lowest BCUT2D eigenvalue weighted by atomic mass is 9.88. The molecule has 2 amide bonds. The van der Waals surface area contributed by atoms with Gasteiger partial charge in [-0.2, -0.15) is 0 Å². The number of amides is 2. The van der Waals surface area contributed by atoms with E-state index in [1.165, 1.54) is 0 Å². The lowest BCUT2D eigenvalue weighted by molar-refractivity contribution is -0.352. The van der Waals surface area contributed by atoms with Crippen molar-refractivity contribution in [2.75, 3.05) is 19.8 Å². The van der Waals surface area contributed by atoms with Crippen molar-refractivity contribution in [3.63, 3.8) is 0 Å². The third kappa shape index (κ3) is 8.26. The van der Waals surface area contributed by atoms with Gasteiger partial charge in [0, 0.05) is 20.3 Å². The molecule has 3 fully saturated rings. The highest BCUT2D eigenvalue weighted by molar-refractivity contribution is 5.76.